The van der Waals surface area contributed by atoms with E-state index in [1.165, 1.54) is 0 Å². The Hall–Kier alpha value is -1.61. The van der Waals surface area contributed by atoms with E-state index in [1.54, 1.807) is 13.0 Å². The highest BCUT2D eigenvalue weighted by atomic mass is 16.3. The Bertz CT molecular complexity index is 485. The predicted molar refractivity (Wildman–Crippen MR) is 54.2 cm³/mol. The van der Waals surface area contributed by atoms with Crippen LogP contribution in [-0.2, 0) is 6.61 Å². The van der Waals surface area contributed by atoms with Crippen LogP contribution < -0.4 is 0 Å². The molecule has 0 bridgehead atoms. The lowest BCUT2D eigenvalue weighted by molar-refractivity contribution is 0.101. The summed E-state index contributed by atoms with van der Waals surface area (Å²) in [7, 11) is 0. The number of aliphatic hydroxyl groups excluding tert-OH is 1. The van der Waals surface area contributed by atoms with Gasteiger partial charge in [0.1, 0.15) is 0 Å². The van der Waals surface area contributed by atoms with Crippen molar-refractivity contribution in [3.63, 3.8) is 0 Å². The van der Waals surface area contributed by atoms with Gasteiger partial charge < -0.3 is 10.1 Å². The number of ketones is 1. The Kier molecular flexibility index (Phi) is 2.09. The molecule has 0 unspecified atom stereocenters. The third-order valence-corrected chi connectivity index (χ3v) is 2.25. The minimum absolute atomic E-state index is 0.00984. The van der Waals surface area contributed by atoms with E-state index in [9.17, 15) is 4.79 Å². The third-order valence-electron chi connectivity index (χ3n) is 2.25. The summed E-state index contributed by atoms with van der Waals surface area (Å²) in [5, 5.41) is 9.88. The van der Waals surface area contributed by atoms with Gasteiger partial charge in [-0.2, -0.15) is 0 Å². The van der Waals surface area contributed by atoms with Crippen molar-refractivity contribution >= 4 is 16.7 Å². The maximum atomic E-state index is 11.1. The van der Waals surface area contributed by atoms with Crippen LogP contribution in [-0.4, -0.2) is 15.9 Å². The minimum atomic E-state index is -0.00984. The van der Waals surface area contributed by atoms with Crippen molar-refractivity contribution in [1.82, 2.24) is 4.98 Å². The molecule has 0 aliphatic rings. The summed E-state index contributed by atoms with van der Waals surface area (Å²) in [6.45, 7) is 1.53. The minimum Gasteiger partial charge on any atom is -0.390 e. The van der Waals surface area contributed by atoms with Crippen molar-refractivity contribution in [2.75, 3.05) is 0 Å². The van der Waals surface area contributed by atoms with Crippen LogP contribution in [0.4, 0.5) is 0 Å². The number of carbonyl (C=O) groups excluding carboxylic acids is 1. The van der Waals surface area contributed by atoms with Crippen molar-refractivity contribution in [2.45, 2.75) is 13.5 Å². The highest BCUT2D eigenvalue weighted by Crippen LogP contribution is 2.17. The van der Waals surface area contributed by atoms with Gasteiger partial charge in [-0.3, -0.25) is 4.79 Å². The summed E-state index contributed by atoms with van der Waals surface area (Å²) in [6.07, 6.45) is 0. The van der Waals surface area contributed by atoms with Gasteiger partial charge >= 0.3 is 0 Å². The molecule has 0 spiro atoms. The number of aromatic amines is 1. The zero-order valence-corrected chi connectivity index (χ0v) is 7.87. The summed E-state index contributed by atoms with van der Waals surface area (Å²) < 4.78 is 0. The first kappa shape index (κ1) is 8.97. The molecule has 0 saturated carbocycles. The molecule has 0 amide bonds. The van der Waals surface area contributed by atoms with Crippen molar-refractivity contribution in [3.05, 3.63) is 35.5 Å². The lowest BCUT2D eigenvalue weighted by atomic mass is 10.1. The van der Waals surface area contributed by atoms with Gasteiger partial charge in [0.15, 0.2) is 5.78 Å². The second-order valence-corrected chi connectivity index (χ2v) is 3.31. The molecule has 3 heteroatoms. The number of Topliss-reactive ketones (excluding diaryl/α,β-unsaturated/α-hetero) is 1. The number of carbonyl (C=O) groups is 1. The second kappa shape index (κ2) is 3.27. The van der Waals surface area contributed by atoms with Gasteiger partial charge in [0, 0.05) is 22.2 Å². The van der Waals surface area contributed by atoms with Gasteiger partial charge in [0.05, 0.1) is 6.61 Å². The summed E-state index contributed by atoms with van der Waals surface area (Å²) in [6, 6.07) is 7.31. The molecule has 1 aromatic heterocycles. The molecule has 0 aliphatic heterocycles. The SMILES string of the molecule is CC(=O)c1ccc2[nH]c(CO)cc2c1. The van der Waals surface area contributed by atoms with Gasteiger partial charge in [-0.05, 0) is 31.2 Å². The van der Waals surface area contributed by atoms with Crippen molar-refractivity contribution in [2.24, 2.45) is 0 Å². The fourth-order valence-electron chi connectivity index (χ4n) is 1.50. The second-order valence-electron chi connectivity index (χ2n) is 3.31. The summed E-state index contributed by atoms with van der Waals surface area (Å²) in [4.78, 5) is 14.2. The van der Waals surface area contributed by atoms with Crippen molar-refractivity contribution < 1.29 is 9.90 Å². The summed E-state index contributed by atoms with van der Waals surface area (Å²) in [5.41, 5.74) is 2.40. The Morgan fingerprint density at radius 3 is 2.86 bits per heavy atom. The molecular weight excluding hydrogens is 178 g/mol. The molecule has 2 aromatic rings. The number of H-pyrrole nitrogens is 1. The Labute approximate surface area is 81.4 Å². The van der Waals surface area contributed by atoms with E-state index in [1.807, 2.05) is 18.2 Å². The van der Waals surface area contributed by atoms with Crippen LogP contribution in [0.15, 0.2) is 24.3 Å². The number of hydrogen-bond acceptors (Lipinski definition) is 2. The van der Waals surface area contributed by atoms with E-state index in [0.717, 1.165) is 16.6 Å². The van der Waals surface area contributed by atoms with E-state index >= 15 is 0 Å². The first-order chi connectivity index (χ1) is 6.70. The topological polar surface area (TPSA) is 53.1 Å². The molecule has 14 heavy (non-hydrogen) atoms. The molecule has 0 aliphatic carbocycles. The van der Waals surface area contributed by atoms with Crippen LogP contribution in [0.2, 0.25) is 0 Å². The molecule has 0 saturated heterocycles. The van der Waals surface area contributed by atoms with Gasteiger partial charge in [0.2, 0.25) is 0 Å². The molecule has 0 atom stereocenters. The average molecular weight is 189 g/mol. The smallest absolute Gasteiger partial charge is 0.159 e. The Morgan fingerprint density at radius 1 is 1.43 bits per heavy atom. The molecule has 2 N–H and O–H groups in total. The first-order valence-corrected chi connectivity index (χ1v) is 4.44. The van der Waals surface area contributed by atoms with Crippen LogP contribution in [0.5, 0.6) is 0 Å². The highest BCUT2D eigenvalue weighted by Gasteiger charge is 2.03. The summed E-state index contributed by atoms with van der Waals surface area (Å²) in [5.74, 6) is 0.0543. The molecule has 2 rings (SSSR count). The van der Waals surface area contributed by atoms with Crippen LogP contribution in [0.25, 0.3) is 10.9 Å². The molecule has 3 nitrogen and oxygen atoms in total. The van der Waals surface area contributed by atoms with Crippen LogP contribution in [0, 0.1) is 0 Å². The molecule has 0 fully saturated rings. The van der Waals surface area contributed by atoms with E-state index in [0.29, 0.717) is 5.56 Å². The van der Waals surface area contributed by atoms with Gasteiger partial charge in [0.25, 0.3) is 0 Å². The van der Waals surface area contributed by atoms with Crippen LogP contribution in [0.1, 0.15) is 23.0 Å². The quantitative estimate of drug-likeness (QED) is 0.708. The zero-order valence-electron chi connectivity index (χ0n) is 7.87. The number of rotatable bonds is 2. The molecule has 72 valence electrons. The molecular formula is C11H11NO2. The fourth-order valence-corrected chi connectivity index (χ4v) is 1.50. The van der Waals surface area contributed by atoms with Gasteiger partial charge in [-0.15, -0.1) is 0 Å². The predicted octanol–water partition coefficient (Wildman–Crippen LogP) is 1.86. The largest absolute Gasteiger partial charge is 0.390 e. The summed E-state index contributed by atoms with van der Waals surface area (Å²) >= 11 is 0. The van der Waals surface area contributed by atoms with Crippen LogP contribution in [0.3, 0.4) is 0 Å². The van der Waals surface area contributed by atoms with Gasteiger partial charge in [-0.25, -0.2) is 0 Å². The van der Waals surface area contributed by atoms with Crippen molar-refractivity contribution in [3.8, 4) is 0 Å². The standard InChI is InChI=1S/C11H11NO2/c1-7(14)8-2-3-11-9(4-8)5-10(6-13)12-11/h2-5,12-13H,6H2,1H3. The number of fused-ring (bicyclic) bond motifs is 1. The molecule has 1 aromatic carbocycles. The van der Waals surface area contributed by atoms with E-state index in [-0.39, 0.29) is 12.4 Å². The number of aromatic nitrogens is 1. The Balaban J connectivity index is 2.59. The maximum absolute atomic E-state index is 11.1. The first-order valence-electron chi connectivity index (χ1n) is 4.44. The third kappa shape index (κ3) is 1.42. The van der Waals surface area contributed by atoms with E-state index < -0.39 is 0 Å². The number of hydrogen-bond donors (Lipinski definition) is 2. The Morgan fingerprint density at radius 2 is 2.21 bits per heavy atom. The number of aliphatic hydroxyl groups is 1. The van der Waals surface area contributed by atoms with Crippen LogP contribution >= 0.6 is 0 Å². The highest BCUT2D eigenvalue weighted by molar-refractivity contribution is 5.98. The lowest BCUT2D eigenvalue weighted by Gasteiger charge is -1.94. The van der Waals surface area contributed by atoms with E-state index in [2.05, 4.69) is 4.98 Å². The van der Waals surface area contributed by atoms with Gasteiger partial charge in [-0.1, -0.05) is 0 Å². The normalized spacial score (nSPS) is 10.7. The zero-order chi connectivity index (χ0) is 10.1. The molecule has 0 radical (unpaired) electrons. The van der Waals surface area contributed by atoms with E-state index in [4.69, 9.17) is 5.11 Å². The lowest BCUT2D eigenvalue weighted by Crippen LogP contribution is -1.89. The monoisotopic (exact) mass is 189 g/mol. The number of benzene rings is 1. The maximum Gasteiger partial charge on any atom is 0.159 e. The fraction of sp³-hybridized carbons (Fsp3) is 0.182. The average Bonchev–Trinajstić information content (AvgIpc) is 2.58. The van der Waals surface area contributed by atoms with Crippen molar-refractivity contribution in [1.29, 1.82) is 0 Å². The number of nitrogens with one attached hydrogen (secondary N) is 1. The molecule has 1 heterocycles.